The van der Waals surface area contributed by atoms with Gasteiger partial charge in [0, 0.05) is 18.3 Å². The molecule has 1 aliphatic heterocycles. The van der Waals surface area contributed by atoms with Crippen molar-refractivity contribution in [3.8, 4) is 0 Å². The zero-order valence-electron chi connectivity index (χ0n) is 10.6. The van der Waals surface area contributed by atoms with Crippen LogP contribution in [0.1, 0.15) is 25.8 Å². The molecular formula is C14H22N2O. The molecule has 0 radical (unpaired) electrons. The fraction of sp³-hybridized carbons (Fsp3) is 0.571. The van der Waals surface area contributed by atoms with Crippen molar-refractivity contribution in [2.75, 3.05) is 11.9 Å². The largest absolute Gasteiger partial charge is 0.390 e. The second-order valence-corrected chi connectivity index (χ2v) is 5.08. The van der Waals surface area contributed by atoms with Crippen molar-refractivity contribution < 1.29 is 5.11 Å². The highest BCUT2D eigenvalue weighted by molar-refractivity contribution is 5.53. The standard InChI is InChI=1S/C14H22N2O/c1-10(2)15-9-14(17)13-8-7-11-5-3-4-6-12(11)16-13/h3-6,10,13-17H,7-9H2,1-2H3. The lowest BCUT2D eigenvalue weighted by molar-refractivity contribution is 0.142. The van der Waals surface area contributed by atoms with Crippen molar-refractivity contribution in [2.24, 2.45) is 0 Å². The molecular weight excluding hydrogens is 212 g/mol. The minimum atomic E-state index is -0.328. The van der Waals surface area contributed by atoms with Crippen molar-refractivity contribution in [1.82, 2.24) is 5.32 Å². The Morgan fingerprint density at radius 1 is 1.41 bits per heavy atom. The van der Waals surface area contributed by atoms with Crippen molar-refractivity contribution in [1.29, 1.82) is 0 Å². The molecule has 1 aliphatic rings. The summed E-state index contributed by atoms with van der Waals surface area (Å²) in [6.45, 7) is 4.84. The Labute approximate surface area is 103 Å². The van der Waals surface area contributed by atoms with E-state index in [1.165, 1.54) is 11.3 Å². The van der Waals surface area contributed by atoms with Crippen LogP contribution in [0, 0.1) is 0 Å². The van der Waals surface area contributed by atoms with Gasteiger partial charge in [0.1, 0.15) is 0 Å². The predicted octanol–water partition coefficient (Wildman–Crippen LogP) is 1.77. The monoisotopic (exact) mass is 234 g/mol. The molecule has 3 nitrogen and oxygen atoms in total. The Bertz CT molecular complexity index is 365. The molecule has 0 saturated carbocycles. The maximum atomic E-state index is 10.1. The van der Waals surface area contributed by atoms with Gasteiger partial charge in [-0.1, -0.05) is 32.0 Å². The highest BCUT2D eigenvalue weighted by Gasteiger charge is 2.23. The summed E-state index contributed by atoms with van der Waals surface area (Å²) in [6, 6.07) is 8.92. The number of fused-ring (bicyclic) bond motifs is 1. The SMILES string of the molecule is CC(C)NCC(O)C1CCc2ccccc2N1. The molecule has 3 N–H and O–H groups in total. The van der Waals surface area contributed by atoms with E-state index in [0.29, 0.717) is 12.6 Å². The maximum Gasteiger partial charge on any atom is 0.0865 e. The van der Waals surface area contributed by atoms with E-state index in [0.717, 1.165) is 12.8 Å². The number of benzene rings is 1. The Hall–Kier alpha value is -1.06. The number of nitrogens with one attached hydrogen (secondary N) is 2. The number of hydrogen-bond acceptors (Lipinski definition) is 3. The Morgan fingerprint density at radius 3 is 2.94 bits per heavy atom. The van der Waals surface area contributed by atoms with Crippen LogP contribution in [0.2, 0.25) is 0 Å². The zero-order valence-corrected chi connectivity index (χ0v) is 10.6. The van der Waals surface area contributed by atoms with E-state index in [2.05, 4.69) is 42.7 Å². The summed E-state index contributed by atoms with van der Waals surface area (Å²) in [5.74, 6) is 0. The molecule has 1 heterocycles. The number of para-hydroxylation sites is 1. The number of aliphatic hydroxyl groups excluding tert-OH is 1. The molecule has 0 aliphatic carbocycles. The molecule has 0 aromatic heterocycles. The molecule has 17 heavy (non-hydrogen) atoms. The number of hydrogen-bond donors (Lipinski definition) is 3. The van der Waals surface area contributed by atoms with Gasteiger partial charge in [0.25, 0.3) is 0 Å². The topological polar surface area (TPSA) is 44.3 Å². The van der Waals surface area contributed by atoms with E-state index in [-0.39, 0.29) is 12.1 Å². The van der Waals surface area contributed by atoms with Crippen LogP contribution >= 0.6 is 0 Å². The van der Waals surface area contributed by atoms with Crippen LogP contribution in [0.3, 0.4) is 0 Å². The van der Waals surface area contributed by atoms with Crippen LogP contribution in [-0.2, 0) is 6.42 Å². The number of anilines is 1. The van der Waals surface area contributed by atoms with Crippen LogP contribution in [0.25, 0.3) is 0 Å². The summed E-state index contributed by atoms with van der Waals surface area (Å²) in [5, 5.41) is 16.8. The predicted molar refractivity (Wildman–Crippen MR) is 71.3 cm³/mol. The number of aliphatic hydroxyl groups is 1. The molecule has 3 heteroatoms. The summed E-state index contributed by atoms with van der Waals surface area (Å²) in [7, 11) is 0. The lowest BCUT2D eigenvalue weighted by atomic mass is 9.95. The molecule has 94 valence electrons. The molecule has 1 aromatic rings. The summed E-state index contributed by atoms with van der Waals surface area (Å²) >= 11 is 0. The summed E-state index contributed by atoms with van der Waals surface area (Å²) in [6.07, 6.45) is 1.72. The molecule has 0 amide bonds. The summed E-state index contributed by atoms with van der Waals surface area (Å²) in [4.78, 5) is 0. The fourth-order valence-electron chi connectivity index (χ4n) is 2.25. The van der Waals surface area contributed by atoms with E-state index in [4.69, 9.17) is 0 Å². The van der Waals surface area contributed by atoms with Crippen LogP contribution in [0.15, 0.2) is 24.3 Å². The molecule has 2 unspecified atom stereocenters. The van der Waals surface area contributed by atoms with E-state index < -0.39 is 0 Å². The highest BCUT2D eigenvalue weighted by atomic mass is 16.3. The van der Waals surface area contributed by atoms with Gasteiger partial charge in [0.15, 0.2) is 0 Å². The fourth-order valence-corrected chi connectivity index (χ4v) is 2.25. The molecule has 0 saturated heterocycles. The zero-order chi connectivity index (χ0) is 12.3. The smallest absolute Gasteiger partial charge is 0.0865 e. The first kappa shape index (κ1) is 12.4. The third-order valence-corrected chi connectivity index (χ3v) is 3.28. The maximum absolute atomic E-state index is 10.1. The second kappa shape index (κ2) is 5.52. The van der Waals surface area contributed by atoms with Gasteiger partial charge in [-0.05, 0) is 24.5 Å². The van der Waals surface area contributed by atoms with Gasteiger partial charge in [-0.15, -0.1) is 0 Å². The minimum Gasteiger partial charge on any atom is -0.390 e. The molecule has 2 atom stereocenters. The van der Waals surface area contributed by atoms with Gasteiger partial charge in [0.2, 0.25) is 0 Å². The van der Waals surface area contributed by atoms with E-state index in [9.17, 15) is 5.11 Å². The summed E-state index contributed by atoms with van der Waals surface area (Å²) in [5.41, 5.74) is 2.53. The Kier molecular flexibility index (Phi) is 4.02. The van der Waals surface area contributed by atoms with Crippen LogP contribution in [0.4, 0.5) is 5.69 Å². The molecule has 1 aromatic carbocycles. The lowest BCUT2D eigenvalue weighted by Crippen LogP contribution is -2.44. The van der Waals surface area contributed by atoms with Crippen molar-refractivity contribution in [3.63, 3.8) is 0 Å². The number of rotatable bonds is 4. The van der Waals surface area contributed by atoms with Gasteiger partial charge < -0.3 is 15.7 Å². The first-order valence-electron chi connectivity index (χ1n) is 6.42. The van der Waals surface area contributed by atoms with Gasteiger partial charge in [0.05, 0.1) is 12.1 Å². The van der Waals surface area contributed by atoms with Gasteiger partial charge in [-0.3, -0.25) is 0 Å². The highest BCUT2D eigenvalue weighted by Crippen LogP contribution is 2.25. The Morgan fingerprint density at radius 2 is 2.18 bits per heavy atom. The van der Waals surface area contributed by atoms with Crippen molar-refractivity contribution >= 4 is 5.69 Å². The molecule has 0 bridgehead atoms. The third kappa shape index (κ3) is 3.20. The molecule has 0 fully saturated rings. The van der Waals surface area contributed by atoms with E-state index >= 15 is 0 Å². The molecule has 2 rings (SSSR count). The average molecular weight is 234 g/mol. The lowest BCUT2D eigenvalue weighted by Gasteiger charge is -2.31. The summed E-state index contributed by atoms with van der Waals surface area (Å²) < 4.78 is 0. The van der Waals surface area contributed by atoms with E-state index in [1.807, 2.05) is 6.07 Å². The first-order chi connectivity index (χ1) is 8.16. The van der Waals surface area contributed by atoms with Crippen LogP contribution in [-0.4, -0.2) is 29.8 Å². The Balaban J connectivity index is 1.93. The van der Waals surface area contributed by atoms with E-state index in [1.54, 1.807) is 0 Å². The van der Waals surface area contributed by atoms with Crippen molar-refractivity contribution in [2.45, 2.75) is 44.9 Å². The second-order valence-electron chi connectivity index (χ2n) is 5.08. The van der Waals surface area contributed by atoms with Crippen molar-refractivity contribution in [3.05, 3.63) is 29.8 Å². The van der Waals surface area contributed by atoms with Crippen LogP contribution in [0.5, 0.6) is 0 Å². The normalized spacial score (nSPS) is 20.8. The van der Waals surface area contributed by atoms with Crippen LogP contribution < -0.4 is 10.6 Å². The van der Waals surface area contributed by atoms with Gasteiger partial charge >= 0.3 is 0 Å². The van der Waals surface area contributed by atoms with Gasteiger partial charge in [-0.25, -0.2) is 0 Å². The minimum absolute atomic E-state index is 0.163. The quantitative estimate of drug-likeness (QED) is 0.744. The molecule has 0 spiro atoms. The number of aryl methyl sites for hydroxylation is 1. The third-order valence-electron chi connectivity index (χ3n) is 3.28. The average Bonchev–Trinajstić information content (AvgIpc) is 2.35. The van der Waals surface area contributed by atoms with Gasteiger partial charge in [-0.2, -0.15) is 0 Å². The first-order valence-corrected chi connectivity index (χ1v) is 6.42.